The van der Waals surface area contributed by atoms with E-state index in [0.29, 0.717) is 13.1 Å². The maximum Gasteiger partial charge on any atom is 0.414 e. The summed E-state index contributed by atoms with van der Waals surface area (Å²) in [6, 6.07) is 8.24. The van der Waals surface area contributed by atoms with Gasteiger partial charge in [0.2, 0.25) is 0 Å². The molecule has 2 amide bonds. The summed E-state index contributed by atoms with van der Waals surface area (Å²) in [5, 5.41) is 12.6. The van der Waals surface area contributed by atoms with Crippen LogP contribution in [0.25, 0.3) is 0 Å². The van der Waals surface area contributed by atoms with E-state index in [-0.39, 0.29) is 49.7 Å². The molecule has 0 bridgehead atoms. The Morgan fingerprint density at radius 2 is 1.76 bits per heavy atom. The quantitative estimate of drug-likeness (QED) is 0.492. The van der Waals surface area contributed by atoms with Gasteiger partial charge in [0.05, 0.1) is 30.9 Å². The third-order valence-corrected chi connectivity index (χ3v) is 6.02. The number of amides is 2. The largest absolute Gasteiger partial charge is 0.478 e. The van der Waals surface area contributed by atoms with Crippen LogP contribution in [0.15, 0.2) is 36.4 Å². The van der Waals surface area contributed by atoms with Gasteiger partial charge < -0.3 is 20.1 Å². The van der Waals surface area contributed by atoms with Crippen molar-refractivity contribution in [1.29, 1.82) is 0 Å². The molecule has 2 saturated heterocycles. The molecule has 0 spiro atoms. The number of hydroxylamine groups is 2. The highest BCUT2D eigenvalue weighted by Gasteiger charge is 2.34. The summed E-state index contributed by atoms with van der Waals surface area (Å²) in [4.78, 5) is 42.3. The number of carbonyl (C=O) groups excluding carboxylic acids is 2. The van der Waals surface area contributed by atoms with Crippen molar-refractivity contribution in [3.8, 4) is 0 Å². The second kappa shape index (κ2) is 11.6. The van der Waals surface area contributed by atoms with Gasteiger partial charge in [-0.05, 0) is 17.7 Å². The number of carbonyl (C=O) groups is 3. The third-order valence-electron chi connectivity index (χ3n) is 6.02. The monoisotopic (exact) mass is 540 g/mol. The number of anilines is 2. The van der Waals surface area contributed by atoms with Crippen LogP contribution < -0.4 is 15.1 Å². The molecule has 0 radical (unpaired) electrons. The van der Waals surface area contributed by atoms with E-state index in [1.165, 1.54) is 17.0 Å². The van der Waals surface area contributed by atoms with E-state index in [9.17, 15) is 23.2 Å². The number of nitrogens with zero attached hydrogens (tertiary/aromatic N) is 3. The predicted molar refractivity (Wildman–Crippen MR) is 125 cm³/mol. The molecule has 10 nitrogen and oxygen atoms in total. The van der Waals surface area contributed by atoms with Crippen molar-refractivity contribution in [2.75, 3.05) is 49.1 Å². The first-order valence-electron chi connectivity index (χ1n) is 11.6. The first kappa shape index (κ1) is 27.1. The molecule has 14 heteroatoms. The van der Waals surface area contributed by atoms with Gasteiger partial charge in [-0.1, -0.05) is 12.1 Å². The molecular weight excluding hydrogens is 516 g/mol. The number of cyclic esters (lactones) is 1. The molecule has 0 saturated carbocycles. The van der Waals surface area contributed by atoms with Gasteiger partial charge in [-0.3, -0.25) is 14.5 Å². The number of alkyl halides is 2. The van der Waals surface area contributed by atoms with Gasteiger partial charge in [-0.25, -0.2) is 18.4 Å². The number of halogens is 4. The third kappa shape index (κ3) is 6.31. The number of benzene rings is 2. The Hall–Kier alpha value is -3.91. The Bertz CT molecular complexity index is 1180. The molecule has 2 N–H and O–H groups in total. The summed E-state index contributed by atoms with van der Waals surface area (Å²) >= 11 is 0. The normalized spacial score (nSPS) is 18.4. The first-order chi connectivity index (χ1) is 18.1. The zero-order chi connectivity index (χ0) is 27.4. The van der Waals surface area contributed by atoms with Crippen LogP contribution >= 0.6 is 0 Å². The van der Waals surface area contributed by atoms with Crippen molar-refractivity contribution in [3.63, 3.8) is 0 Å². The maximum atomic E-state index is 15.1. The standard InChI is InChI=1S/C24H24F4N4O6/c25-18-9-16(32-13-17(38-24(32)36)11-29-22(33)21(27)28)10-19(26)20(18)30-5-6-31(37-8-7-30)12-14-1-3-15(4-2-14)23(34)35/h1-4,9-10,17,21H,5-8,11-13H2,(H,29,33)(H,34,35)/t17-/m0/s1. The van der Waals surface area contributed by atoms with Crippen LogP contribution in [0.2, 0.25) is 0 Å². The Kier molecular flexibility index (Phi) is 8.32. The summed E-state index contributed by atoms with van der Waals surface area (Å²) in [7, 11) is 0. The van der Waals surface area contributed by atoms with Gasteiger partial charge in [-0.15, -0.1) is 0 Å². The van der Waals surface area contributed by atoms with Crippen LogP contribution in [0.4, 0.5) is 33.7 Å². The zero-order valence-corrected chi connectivity index (χ0v) is 19.9. The zero-order valence-electron chi connectivity index (χ0n) is 19.9. The minimum absolute atomic E-state index is 0.117. The number of hydrogen-bond donors (Lipinski definition) is 2. The molecule has 2 fully saturated rings. The lowest BCUT2D eigenvalue weighted by Gasteiger charge is -2.24. The highest BCUT2D eigenvalue weighted by Crippen LogP contribution is 2.31. The highest BCUT2D eigenvalue weighted by atomic mass is 19.3. The molecular formula is C24H24F4N4O6. The molecule has 204 valence electrons. The van der Waals surface area contributed by atoms with Crippen LogP contribution in [-0.4, -0.2) is 80.0 Å². The number of ether oxygens (including phenoxy) is 1. The average molecular weight is 540 g/mol. The van der Waals surface area contributed by atoms with Gasteiger partial charge in [0, 0.05) is 38.3 Å². The number of carboxylic acids is 1. The van der Waals surface area contributed by atoms with Crippen LogP contribution in [-0.2, 0) is 20.9 Å². The van der Waals surface area contributed by atoms with Gasteiger partial charge >= 0.3 is 18.5 Å². The van der Waals surface area contributed by atoms with E-state index in [1.54, 1.807) is 17.2 Å². The molecule has 2 aliphatic heterocycles. The van der Waals surface area contributed by atoms with Crippen molar-refractivity contribution in [3.05, 3.63) is 59.2 Å². The molecule has 0 aromatic heterocycles. The van der Waals surface area contributed by atoms with E-state index in [0.717, 1.165) is 22.6 Å². The van der Waals surface area contributed by atoms with Crippen molar-refractivity contribution >= 4 is 29.3 Å². The Morgan fingerprint density at radius 1 is 1.08 bits per heavy atom. The van der Waals surface area contributed by atoms with E-state index in [4.69, 9.17) is 14.7 Å². The molecule has 1 atom stereocenters. The van der Waals surface area contributed by atoms with E-state index >= 15 is 8.78 Å². The lowest BCUT2D eigenvalue weighted by molar-refractivity contribution is -0.154. The average Bonchev–Trinajstić information content (AvgIpc) is 3.09. The predicted octanol–water partition coefficient (Wildman–Crippen LogP) is 2.62. The molecule has 4 rings (SSSR count). The fourth-order valence-corrected chi connectivity index (χ4v) is 4.13. The SMILES string of the molecule is O=C(O)c1ccc(CN2CCN(c3c(F)cc(N4C[C@H](CNC(=O)C(F)F)OC4=O)cc3F)CCO2)cc1. The van der Waals surface area contributed by atoms with E-state index in [2.05, 4.69) is 0 Å². The Morgan fingerprint density at radius 3 is 2.39 bits per heavy atom. The fraction of sp³-hybridized carbons (Fsp3) is 0.375. The second-order valence-electron chi connectivity index (χ2n) is 8.61. The first-order valence-corrected chi connectivity index (χ1v) is 11.6. The minimum Gasteiger partial charge on any atom is -0.478 e. The van der Waals surface area contributed by atoms with Gasteiger partial charge in [0.15, 0.2) is 11.6 Å². The summed E-state index contributed by atoms with van der Waals surface area (Å²) in [6.45, 7) is 0.609. The van der Waals surface area contributed by atoms with Gasteiger partial charge in [-0.2, -0.15) is 13.8 Å². The number of carboxylic acid groups (broad SMARTS) is 1. The lowest BCUT2D eigenvalue weighted by atomic mass is 10.1. The lowest BCUT2D eigenvalue weighted by Crippen LogP contribution is -2.37. The number of aromatic carboxylic acids is 1. The van der Waals surface area contributed by atoms with Crippen LogP contribution in [0.3, 0.4) is 0 Å². The topological polar surface area (TPSA) is 112 Å². The van der Waals surface area contributed by atoms with Crippen LogP contribution in [0, 0.1) is 11.6 Å². The molecule has 38 heavy (non-hydrogen) atoms. The van der Waals surface area contributed by atoms with Crippen LogP contribution in [0.5, 0.6) is 0 Å². The summed E-state index contributed by atoms with van der Waals surface area (Å²) in [5.74, 6) is -4.38. The van der Waals surface area contributed by atoms with Crippen LogP contribution in [0.1, 0.15) is 15.9 Å². The van der Waals surface area contributed by atoms with Crippen molar-refractivity contribution in [2.45, 2.75) is 19.1 Å². The maximum absolute atomic E-state index is 15.1. The second-order valence-corrected chi connectivity index (χ2v) is 8.61. The molecule has 0 unspecified atom stereocenters. The van der Waals surface area contributed by atoms with Gasteiger partial charge in [0.25, 0.3) is 5.91 Å². The van der Waals surface area contributed by atoms with Crippen molar-refractivity contribution in [1.82, 2.24) is 10.4 Å². The smallest absolute Gasteiger partial charge is 0.414 e. The molecule has 2 aromatic carbocycles. The fourth-order valence-electron chi connectivity index (χ4n) is 4.13. The number of rotatable bonds is 8. The molecule has 2 heterocycles. The summed E-state index contributed by atoms with van der Waals surface area (Å²) < 4.78 is 59.9. The Labute approximate surface area is 214 Å². The highest BCUT2D eigenvalue weighted by molar-refractivity contribution is 5.90. The minimum atomic E-state index is -3.22. The number of hydrogen-bond acceptors (Lipinski definition) is 7. The van der Waals surface area contributed by atoms with Crippen molar-refractivity contribution < 1.29 is 46.6 Å². The molecule has 2 aliphatic rings. The summed E-state index contributed by atoms with van der Waals surface area (Å²) in [6.07, 6.45) is -5.12. The summed E-state index contributed by atoms with van der Waals surface area (Å²) in [5.41, 5.74) is 0.546. The van der Waals surface area contributed by atoms with E-state index in [1.807, 2.05) is 5.32 Å². The van der Waals surface area contributed by atoms with Crippen molar-refractivity contribution in [2.24, 2.45) is 0 Å². The van der Waals surface area contributed by atoms with E-state index < -0.39 is 42.1 Å². The number of nitrogens with one attached hydrogen (secondary N) is 1. The molecule has 2 aromatic rings. The molecule has 0 aliphatic carbocycles. The van der Waals surface area contributed by atoms with Gasteiger partial charge in [0.1, 0.15) is 11.8 Å². The Balaban J connectivity index is 1.38.